The van der Waals surface area contributed by atoms with Crippen LogP contribution in [0.4, 0.5) is 0 Å². The van der Waals surface area contributed by atoms with Gasteiger partial charge in [0, 0.05) is 23.4 Å². The first-order valence-electron chi connectivity index (χ1n) is 6.24. The summed E-state index contributed by atoms with van der Waals surface area (Å²) in [7, 11) is 0. The van der Waals surface area contributed by atoms with E-state index in [1.54, 1.807) is 0 Å². The minimum Gasteiger partial charge on any atom is -0.330 e. The van der Waals surface area contributed by atoms with Gasteiger partial charge >= 0.3 is 0 Å². The molecule has 0 aromatic carbocycles. The van der Waals surface area contributed by atoms with Crippen LogP contribution in [0.25, 0.3) is 0 Å². The van der Waals surface area contributed by atoms with Gasteiger partial charge in [-0.05, 0) is 35.9 Å². The fourth-order valence-corrected chi connectivity index (χ4v) is 2.99. The lowest BCUT2D eigenvalue weighted by Crippen LogP contribution is -2.40. The van der Waals surface area contributed by atoms with Gasteiger partial charge in [0.15, 0.2) is 0 Å². The molecule has 3 N–H and O–H groups in total. The number of nitrogens with one attached hydrogen (secondary N) is 1. The van der Waals surface area contributed by atoms with Crippen LogP contribution in [0.1, 0.15) is 38.1 Å². The molecule has 0 fully saturated rings. The van der Waals surface area contributed by atoms with Crippen LogP contribution in [-0.4, -0.2) is 19.6 Å². The van der Waals surface area contributed by atoms with E-state index in [-0.39, 0.29) is 10.8 Å². The molecule has 0 bridgehead atoms. The monoisotopic (exact) mass is 254 g/mol. The zero-order valence-electron chi connectivity index (χ0n) is 11.8. The van der Waals surface area contributed by atoms with Gasteiger partial charge in [-0.1, -0.05) is 27.7 Å². The van der Waals surface area contributed by atoms with Crippen molar-refractivity contribution in [3.8, 4) is 0 Å². The van der Waals surface area contributed by atoms with E-state index in [1.165, 1.54) is 10.4 Å². The molecule has 0 saturated heterocycles. The second kappa shape index (κ2) is 5.51. The summed E-state index contributed by atoms with van der Waals surface area (Å²) in [5.41, 5.74) is 7.52. The molecule has 0 amide bonds. The number of nitrogens with two attached hydrogens (primary N) is 1. The van der Waals surface area contributed by atoms with Gasteiger partial charge < -0.3 is 11.1 Å². The van der Waals surface area contributed by atoms with Gasteiger partial charge in [0.25, 0.3) is 0 Å². The Kier molecular flexibility index (Phi) is 4.76. The van der Waals surface area contributed by atoms with Gasteiger partial charge in [-0.15, -0.1) is 11.3 Å². The van der Waals surface area contributed by atoms with Gasteiger partial charge in [-0.25, -0.2) is 0 Å². The first-order valence-corrected chi connectivity index (χ1v) is 7.12. The van der Waals surface area contributed by atoms with E-state index >= 15 is 0 Å². The quantitative estimate of drug-likeness (QED) is 0.819. The Labute approximate surface area is 110 Å². The molecule has 0 spiro atoms. The summed E-state index contributed by atoms with van der Waals surface area (Å²) in [6, 6.07) is 2.20. The third-order valence-electron chi connectivity index (χ3n) is 3.20. The molecule has 17 heavy (non-hydrogen) atoms. The van der Waals surface area contributed by atoms with E-state index in [1.807, 2.05) is 11.3 Å². The highest BCUT2D eigenvalue weighted by atomic mass is 32.1. The highest BCUT2D eigenvalue weighted by molar-refractivity contribution is 7.10. The summed E-state index contributed by atoms with van der Waals surface area (Å²) in [4.78, 5) is 1.48. The fraction of sp³-hybridized carbons (Fsp3) is 0.714. The molecule has 1 heterocycles. The Morgan fingerprint density at radius 1 is 1.24 bits per heavy atom. The molecule has 3 heteroatoms. The first-order chi connectivity index (χ1) is 7.78. The molecule has 2 nitrogen and oxygen atoms in total. The minimum atomic E-state index is 0.181. The van der Waals surface area contributed by atoms with Crippen molar-refractivity contribution in [3.05, 3.63) is 21.9 Å². The second-order valence-electron chi connectivity index (χ2n) is 6.29. The lowest BCUT2D eigenvalue weighted by atomic mass is 9.88. The van der Waals surface area contributed by atoms with E-state index in [9.17, 15) is 0 Å². The third kappa shape index (κ3) is 4.09. The summed E-state index contributed by atoms with van der Waals surface area (Å²) in [6.45, 7) is 13.9. The largest absolute Gasteiger partial charge is 0.330 e. The van der Waals surface area contributed by atoms with Gasteiger partial charge in [-0.2, -0.15) is 0 Å². The number of hydrogen-bond donors (Lipinski definition) is 2. The SMILES string of the molecule is Cc1ccsc1C(C)(C)CNCC(C)(C)CN. The molecule has 0 saturated carbocycles. The second-order valence-corrected chi connectivity index (χ2v) is 7.20. The summed E-state index contributed by atoms with van der Waals surface area (Å²) >= 11 is 1.86. The molecular weight excluding hydrogens is 228 g/mol. The summed E-state index contributed by atoms with van der Waals surface area (Å²) < 4.78 is 0. The van der Waals surface area contributed by atoms with E-state index in [4.69, 9.17) is 5.73 Å². The number of rotatable bonds is 6. The molecule has 0 radical (unpaired) electrons. The maximum absolute atomic E-state index is 5.74. The van der Waals surface area contributed by atoms with Crippen LogP contribution in [0.3, 0.4) is 0 Å². The Bertz CT molecular complexity index is 353. The van der Waals surface area contributed by atoms with Crippen molar-refractivity contribution in [2.75, 3.05) is 19.6 Å². The predicted molar refractivity (Wildman–Crippen MR) is 77.8 cm³/mol. The molecular formula is C14H26N2S. The van der Waals surface area contributed by atoms with Gasteiger partial charge in [-0.3, -0.25) is 0 Å². The van der Waals surface area contributed by atoms with Crippen molar-refractivity contribution in [3.63, 3.8) is 0 Å². The number of thiophene rings is 1. The van der Waals surface area contributed by atoms with Crippen LogP contribution in [0, 0.1) is 12.3 Å². The Balaban J connectivity index is 2.54. The lowest BCUT2D eigenvalue weighted by Gasteiger charge is -2.29. The summed E-state index contributed by atoms with van der Waals surface area (Å²) in [5, 5.41) is 5.74. The van der Waals surface area contributed by atoms with Crippen LogP contribution in [0.5, 0.6) is 0 Å². The Morgan fingerprint density at radius 2 is 1.88 bits per heavy atom. The van der Waals surface area contributed by atoms with Gasteiger partial charge in [0.05, 0.1) is 0 Å². The molecule has 0 unspecified atom stereocenters. The van der Waals surface area contributed by atoms with Gasteiger partial charge in [0.2, 0.25) is 0 Å². The standard InChI is InChI=1S/C14H26N2S/c1-11-6-7-17-12(11)14(4,5)10-16-9-13(2,3)8-15/h6-7,16H,8-10,15H2,1-5H3. The van der Waals surface area contributed by atoms with Crippen LogP contribution in [0.15, 0.2) is 11.4 Å². The lowest BCUT2D eigenvalue weighted by molar-refractivity contribution is 0.333. The highest BCUT2D eigenvalue weighted by Gasteiger charge is 2.24. The molecule has 0 atom stereocenters. The van der Waals surface area contributed by atoms with Crippen LogP contribution < -0.4 is 11.1 Å². The van der Waals surface area contributed by atoms with Gasteiger partial charge in [0.1, 0.15) is 0 Å². The molecule has 98 valence electrons. The summed E-state index contributed by atoms with van der Waals surface area (Å²) in [6.07, 6.45) is 0. The minimum absolute atomic E-state index is 0.181. The van der Waals surface area contributed by atoms with Crippen molar-refractivity contribution in [2.24, 2.45) is 11.1 Å². The highest BCUT2D eigenvalue weighted by Crippen LogP contribution is 2.30. The Hall–Kier alpha value is -0.380. The average molecular weight is 254 g/mol. The van der Waals surface area contributed by atoms with E-state index in [2.05, 4.69) is 51.4 Å². The van der Waals surface area contributed by atoms with E-state index in [0.29, 0.717) is 0 Å². The zero-order chi connectivity index (χ0) is 13.1. The zero-order valence-corrected chi connectivity index (χ0v) is 12.6. The predicted octanol–water partition coefficient (Wildman–Crippen LogP) is 2.91. The van der Waals surface area contributed by atoms with Crippen LogP contribution in [-0.2, 0) is 5.41 Å². The number of hydrogen-bond acceptors (Lipinski definition) is 3. The molecule has 1 aromatic heterocycles. The van der Waals surface area contributed by atoms with Crippen molar-refractivity contribution < 1.29 is 0 Å². The maximum atomic E-state index is 5.74. The van der Waals surface area contributed by atoms with Crippen molar-refractivity contribution in [1.29, 1.82) is 0 Å². The fourth-order valence-electron chi connectivity index (χ4n) is 1.93. The summed E-state index contributed by atoms with van der Waals surface area (Å²) in [5.74, 6) is 0. The Morgan fingerprint density at radius 3 is 2.35 bits per heavy atom. The van der Waals surface area contributed by atoms with Crippen molar-refractivity contribution in [1.82, 2.24) is 5.32 Å². The van der Waals surface area contributed by atoms with Crippen LogP contribution >= 0.6 is 11.3 Å². The normalized spacial score (nSPS) is 13.1. The smallest absolute Gasteiger partial charge is 0.0143 e. The van der Waals surface area contributed by atoms with E-state index in [0.717, 1.165) is 19.6 Å². The van der Waals surface area contributed by atoms with E-state index < -0.39 is 0 Å². The first kappa shape index (κ1) is 14.7. The third-order valence-corrected chi connectivity index (χ3v) is 4.58. The topological polar surface area (TPSA) is 38.0 Å². The maximum Gasteiger partial charge on any atom is 0.0143 e. The average Bonchev–Trinajstić information content (AvgIpc) is 2.64. The molecule has 0 aliphatic rings. The molecule has 0 aliphatic carbocycles. The van der Waals surface area contributed by atoms with Crippen molar-refractivity contribution >= 4 is 11.3 Å². The number of aryl methyl sites for hydroxylation is 1. The molecule has 1 aromatic rings. The van der Waals surface area contributed by atoms with Crippen molar-refractivity contribution in [2.45, 2.75) is 40.0 Å². The molecule has 1 rings (SSSR count). The molecule has 0 aliphatic heterocycles. The van der Waals surface area contributed by atoms with Crippen LogP contribution in [0.2, 0.25) is 0 Å².